The van der Waals surface area contributed by atoms with Crippen LogP contribution in [-0.2, 0) is 14.4 Å². The average Bonchev–Trinajstić information content (AvgIpc) is 2.55. The molecule has 6 nitrogen and oxygen atoms in total. The lowest BCUT2D eigenvalue weighted by Crippen LogP contribution is -2.50. The molecule has 0 unspecified atom stereocenters. The van der Waals surface area contributed by atoms with Gasteiger partial charge in [0.2, 0.25) is 17.7 Å². The molecule has 1 aliphatic heterocycles. The van der Waals surface area contributed by atoms with Crippen molar-refractivity contribution in [1.82, 2.24) is 9.80 Å². The van der Waals surface area contributed by atoms with E-state index < -0.39 is 0 Å². The number of carbonyl (C=O) groups excluding carboxylic acids is 3. The van der Waals surface area contributed by atoms with Crippen LogP contribution in [-0.4, -0.2) is 53.7 Å². The average molecular weight is 331 g/mol. The number of anilines is 1. The number of rotatable bonds is 4. The normalized spacial score (nSPS) is 14.7. The summed E-state index contributed by atoms with van der Waals surface area (Å²) in [6, 6.07) is 7.63. The number of piperazine rings is 1. The highest BCUT2D eigenvalue weighted by atomic mass is 16.2. The van der Waals surface area contributed by atoms with Crippen molar-refractivity contribution >= 4 is 23.4 Å². The molecule has 1 aliphatic rings. The maximum Gasteiger partial charge on any atom is 0.233 e. The van der Waals surface area contributed by atoms with Crippen molar-refractivity contribution in [1.29, 1.82) is 0 Å². The van der Waals surface area contributed by atoms with E-state index in [1.165, 1.54) is 6.92 Å². The van der Waals surface area contributed by atoms with Crippen molar-refractivity contribution in [2.75, 3.05) is 31.5 Å². The lowest BCUT2D eigenvalue weighted by Gasteiger charge is -2.34. The summed E-state index contributed by atoms with van der Waals surface area (Å²) in [6.45, 7) is 7.66. The summed E-state index contributed by atoms with van der Waals surface area (Å²) in [7, 11) is 0. The van der Waals surface area contributed by atoms with Gasteiger partial charge in [0.05, 0.1) is 0 Å². The topological polar surface area (TPSA) is 69.7 Å². The van der Waals surface area contributed by atoms with Crippen LogP contribution in [0, 0.1) is 0 Å². The molecular formula is C18H25N3O3. The largest absolute Gasteiger partial charge is 0.339 e. The standard InChI is InChI=1S/C18H25N3O3/c1-13(2)15-6-4-5-7-16(15)19-17(23)12-18(24)21-10-8-20(9-11-21)14(3)22/h4-7,13H,8-12H2,1-3H3,(H,19,23). The molecule has 1 fully saturated rings. The molecule has 2 rings (SSSR count). The maximum atomic E-state index is 12.3. The summed E-state index contributed by atoms with van der Waals surface area (Å²) >= 11 is 0. The van der Waals surface area contributed by atoms with Crippen LogP contribution in [0.5, 0.6) is 0 Å². The minimum atomic E-state index is -0.304. The summed E-state index contributed by atoms with van der Waals surface area (Å²) in [6.07, 6.45) is -0.174. The molecule has 1 heterocycles. The molecule has 0 aliphatic carbocycles. The summed E-state index contributed by atoms with van der Waals surface area (Å²) in [5.74, 6) is -0.193. The molecule has 6 heteroatoms. The Morgan fingerprint density at radius 1 is 1.04 bits per heavy atom. The third-order valence-corrected chi connectivity index (χ3v) is 4.25. The molecule has 1 aromatic carbocycles. The summed E-state index contributed by atoms with van der Waals surface area (Å²) in [5, 5.41) is 2.84. The number of amides is 3. The molecule has 1 aromatic rings. The van der Waals surface area contributed by atoms with Gasteiger partial charge in [0.15, 0.2) is 0 Å². The van der Waals surface area contributed by atoms with Crippen LogP contribution in [0.3, 0.4) is 0 Å². The quantitative estimate of drug-likeness (QED) is 0.856. The van der Waals surface area contributed by atoms with Crippen LogP contribution in [0.2, 0.25) is 0 Å². The van der Waals surface area contributed by atoms with Crippen molar-refractivity contribution in [3.8, 4) is 0 Å². The van der Waals surface area contributed by atoms with Gasteiger partial charge in [-0.3, -0.25) is 14.4 Å². The van der Waals surface area contributed by atoms with Crippen LogP contribution in [0.1, 0.15) is 38.7 Å². The van der Waals surface area contributed by atoms with Gasteiger partial charge in [0, 0.05) is 38.8 Å². The zero-order valence-electron chi connectivity index (χ0n) is 14.5. The Morgan fingerprint density at radius 2 is 1.62 bits per heavy atom. The predicted octanol–water partition coefficient (Wildman–Crippen LogP) is 1.83. The van der Waals surface area contributed by atoms with Gasteiger partial charge >= 0.3 is 0 Å². The minimum Gasteiger partial charge on any atom is -0.339 e. The van der Waals surface area contributed by atoms with Gasteiger partial charge in [-0.25, -0.2) is 0 Å². The first-order valence-electron chi connectivity index (χ1n) is 8.30. The molecule has 0 radical (unpaired) electrons. The Bertz CT molecular complexity index is 620. The van der Waals surface area contributed by atoms with Gasteiger partial charge in [-0.05, 0) is 17.5 Å². The lowest BCUT2D eigenvalue weighted by molar-refractivity contribution is -0.140. The van der Waals surface area contributed by atoms with Crippen LogP contribution < -0.4 is 5.32 Å². The molecule has 24 heavy (non-hydrogen) atoms. The number of benzene rings is 1. The highest BCUT2D eigenvalue weighted by molar-refractivity contribution is 6.04. The monoisotopic (exact) mass is 331 g/mol. The minimum absolute atomic E-state index is 0.0186. The first kappa shape index (κ1) is 18.0. The Balaban J connectivity index is 1.89. The van der Waals surface area contributed by atoms with Crippen molar-refractivity contribution in [2.24, 2.45) is 0 Å². The smallest absolute Gasteiger partial charge is 0.233 e. The van der Waals surface area contributed by atoms with Gasteiger partial charge in [0.25, 0.3) is 0 Å². The number of hydrogen-bond donors (Lipinski definition) is 1. The number of hydrogen-bond acceptors (Lipinski definition) is 3. The second-order valence-electron chi connectivity index (χ2n) is 6.35. The Hall–Kier alpha value is -2.37. The second-order valence-corrected chi connectivity index (χ2v) is 6.35. The van der Waals surface area contributed by atoms with Crippen molar-refractivity contribution in [3.05, 3.63) is 29.8 Å². The predicted molar refractivity (Wildman–Crippen MR) is 92.6 cm³/mol. The molecule has 0 aromatic heterocycles. The van der Waals surface area contributed by atoms with E-state index in [0.29, 0.717) is 26.2 Å². The van der Waals surface area contributed by atoms with Crippen molar-refractivity contribution in [2.45, 2.75) is 33.1 Å². The third-order valence-electron chi connectivity index (χ3n) is 4.25. The zero-order chi connectivity index (χ0) is 17.7. The summed E-state index contributed by atoms with van der Waals surface area (Å²) in [4.78, 5) is 39.1. The number of para-hydroxylation sites is 1. The summed E-state index contributed by atoms with van der Waals surface area (Å²) < 4.78 is 0. The number of nitrogens with zero attached hydrogens (tertiary/aromatic N) is 2. The van der Waals surface area contributed by atoms with Gasteiger partial charge in [-0.2, -0.15) is 0 Å². The second kappa shape index (κ2) is 7.95. The van der Waals surface area contributed by atoms with Crippen LogP contribution >= 0.6 is 0 Å². The molecular weight excluding hydrogens is 306 g/mol. The Labute approximate surface area is 142 Å². The molecule has 1 saturated heterocycles. The first-order valence-corrected chi connectivity index (χ1v) is 8.30. The zero-order valence-corrected chi connectivity index (χ0v) is 14.5. The first-order chi connectivity index (χ1) is 11.4. The van der Waals surface area contributed by atoms with Gasteiger partial charge in [0.1, 0.15) is 6.42 Å². The van der Waals surface area contributed by atoms with Crippen molar-refractivity contribution < 1.29 is 14.4 Å². The summed E-state index contributed by atoms with van der Waals surface area (Å²) in [5.41, 5.74) is 1.81. The van der Waals surface area contributed by atoms with E-state index in [9.17, 15) is 14.4 Å². The van der Waals surface area contributed by atoms with Crippen molar-refractivity contribution in [3.63, 3.8) is 0 Å². The van der Waals surface area contributed by atoms with Crippen LogP contribution in [0.4, 0.5) is 5.69 Å². The van der Waals surface area contributed by atoms with Gasteiger partial charge in [-0.15, -0.1) is 0 Å². The molecule has 130 valence electrons. The van der Waals surface area contributed by atoms with E-state index in [2.05, 4.69) is 19.2 Å². The highest BCUT2D eigenvalue weighted by Crippen LogP contribution is 2.23. The fourth-order valence-electron chi connectivity index (χ4n) is 2.83. The highest BCUT2D eigenvalue weighted by Gasteiger charge is 2.24. The van der Waals surface area contributed by atoms with Crippen LogP contribution in [0.25, 0.3) is 0 Å². The lowest BCUT2D eigenvalue weighted by atomic mass is 10.0. The fourth-order valence-corrected chi connectivity index (χ4v) is 2.83. The Morgan fingerprint density at radius 3 is 2.21 bits per heavy atom. The maximum absolute atomic E-state index is 12.3. The number of nitrogens with one attached hydrogen (secondary N) is 1. The molecule has 1 N–H and O–H groups in total. The van der Waals surface area contributed by atoms with E-state index in [0.717, 1.165) is 11.3 Å². The van der Waals surface area contributed by atoms with E-state index in [1.54, 1.807) is 9.80 Å². The molecule has 0 bridgehead atoms. The molecule has 0 atom stereocenters. The molecule has 3 amide bonds. The fraction of sp³-hybridized carbons (Fsp3) is 0.500. The SMILES string of the molecule is CC(=O)N1CCN(C(=O)CC(=O)Nc2ccccc2C(C)C)CC1. The molecule has 0 saturated carbocycles. The third kappa shape index (κ3) is 4.57. The van der Waals surface area contributed by atoms with E-state index in [1.807, 2.05) is 24.3 Å². The molecule has 0 spiro atoms. The van der Waals surface area contributed by atoms with E-state index >= 15 is 0 Å². The Kier molecular flexibility index (Phi) is 5.95. The van der Waals surface area contributed by atoms with Crippen LogP contribution in [0.15, 0.2) is 24.3 Å². The van der Waals surface area contributed by atoms with Gasteiger partial charge in [-0.1, -0.05) is 32.0 Å². The van der Waals surface area contributed by atoms with E-state index in [4.69, 9.17) is 0 Å². The number of carbonyl (C=O) groups is 3. The van der Waals surface area contributed by atoms with Gasteiger partial charge < -0.3 is 15.1 Å². The van der Waals surface area contributed by atoms with E-state index in [-0.39, 0.29) is 30.1 Å².